The number of ether oxygens (including phenoxy) is 2. The average Bonchev–Trinajstić information content (AvgIpc) is 3.63. The summed E-state index contributed by atoms with van der Waals surface area (Å²) in [7, 11) is 1.33. The lowest BCUT2D eigenvalue weighted by atomic mass is 9.87. The van der Waals surface area contributed by atoms with Crippen LogP contribution in [0.4, 0.5) is 0 Å². The Bertz CT molecular complexity index is 1570. The van der Waals surface area contributed by atoms with Gasteiger partial charge in [0.05, 0.1) is 10.9 Å². The van der Waals surface area contributed by atoms with E-state index in [1.54, 1.807) is 6.07 Å². The Morgan fingerprint density at radius 2 is 1.74 bits per heavy atom. The molecular weight excluding hydrogens is 612 g/mol. The highest BCUT2D eigenvalue weighted by molar-refractivity contribution is 9.11. The molecule has 42 heavy (non-hydrogen) atoms. The van der Waals surface area contributed by atoms with E-state index in [1.807, 2.05) is 42.5 Å². The minimum absolute atomic E-state index is 0.0642. The summed E-state index contributed by atoms with van der Waals surface area (Å²) < 4.78 is 12.2. The van der Waals surface area contributed by atoms with Crippen molar-refractivity contribution >= 4 is 49.9 Å². The molecule has 4 aromatic rings. The first-order chi connectivity index (χ1) is 20.1. The molecule has 1 N–H and O–H groups in total. The number of amides is 1. The van der Waals surface area contributed by atoms with Crippen LogP contribution in [-0.4, -0.2) is 30.0 Å². The van der Waals surface area contributed by atoms with Crippen molar-refractivity contribution in [3.8, 4) is 11.5 Å². The third-order valence-electron chi connectivity index (χ3n) is 7.85. The fourth-order valence-corrected chi connectivity index (χ4v) is 7.05. The lowest BCUT2D eigenvalue weighted by Gasteiger charge is -2.19. The molecule has 8 heteroatoms. The molecule has 0 unspecified atom stereocenters. The minimum atomic E-state index is -0.824. The highest BCUT2D eigenvalue weighted by atomic mass is 79.9. The third-order valence-corrected chi connectivity index (χ3v) is 9.50. The van der Waals surface area contributed by atoms with Gasteiger partial charge in [0.2, 0.25) is 0 Å². The molecular formula is C34H37BrN2O4S. The van der Waals surface area contributed by atoms with Crippen molar-refractivity contribution in [2.45, 2.75) is 70.8 Å². The average molecular weight is 650 g/mol. The van der Waals surface area contributed by atoms with Crippen molar-refractivity contribution in [2.24, 2.45) is 5.92 Å². The van der Waals surface area contributed by atoms with Crippen LogP contribution in [0.2, 0.25) is 0 Å². The summed E-state index contributed by atoms with van der Waals surface area (Å²) in [6.45, 7) is 6.56. The van der Waals surface area contributed by atoms with Gasteiger partial charge in [0.25, 0.3) is 5.91 Å². The summed E-state index contributed by atoms with van der Waals surface area (Å²) in [4.78, 5) is 32.0. The predicted molar refractivity (Wildman–Crippen MR) is 172 cm³/mol. The van der Waals surface area contributed by atoms with Crippen molar-refractivity contribution in [1.29, 1.82) is 0 Å². The zero-order valence-corrected chi connectivity index (χ0v) is 26.9. The number of halogens is 1. The highest BCUT2D eigenvalue weighted by Crippen LogP contribution is 2.33. The first kappa shape index (κ1) is 30.2. The Hall–Kier alpha value is -3.23. The van der Waals surface area contributed by atoms with Gasteiger partial charge in [0.15, 0.2) is 0 Å². The van der Waals surface area contributed by atoms with E-state index >= 15 is 0 Å². The maximum atomic E-state index is 13.6. The minimum Gasteiger partial charge on any atom is -0.467 e. The number of nitrogens with one attached hydrogen (secondary N) is 1. The van der Waals surface area contributed by atoms with Crippen molar-refractivity contribution in [3.63, 3.8) is 0 Å². The monoisotopic (exact) mass is 648 g/mol. The SMILES string of the molecule is COC(=O)[C@H](Cc1ccc(Br)s1)NC(=O)c1cc2cc(Oc3ccc(C(C)(C)C)cc3)ccc2c(CC2CCCC2)n1. The number of methoxy groups -OCH3 is 1. The van der Waals surface area contributed by atoms with Gasteiger partial charge < -0.3 is 14.8 Å². The number of rotatable bonds is 9. The maximum absolute atomic E-state index is 13.6. The molecule has 2 heterocycles. The van der Waals surface area contributed by atoms with Gasteiger partial charge in [0.1, 0.15) is 23.2 Å². The number of thiophene rings is 1. The first-order valence-corrected chi connectivity index (χ1v) is 16.0. The molecule has 1 atom stereocenters. The molecule has 0 bridgehead atoms. The molecule has 1 aliphatic carbocycles. The van der Waals surface area contributed by atoms with Gasteiger partial charge in [-0.15, -0.1) is 11.3 Å². The van der Waals surface area contributed by atoms with Crippen LogP contribution >= 0.6 is 27.3 Å². The summed E-state index contributed by atoms with van der Waals surface area (Å²) in [5, 5.41) is 4.78. The summed E-state index contributed by atoms with van der Waals surface area (Å²) in [6, 6.07) is 18.9. The number of esters is 1. The van der Waals surface area contributed by atoms with Crippen LogP contribution in [0.15, 0.2) is 64.5 Å². The van der Waals surface area contributed by atoms with Gasteiger partial charge in [-0.1, -0.05) is 58.6 Å². The first-order valence-electron chi connectivity index (χ1n) is 14.4. The Morgan fingerprint density at radius 3 is 2.38 bits per heavy atom. The summed E-state index contributed by atoms with van der Waals surface area (Å²) in [5.41, 5.74) is 2.49. The van der Waals surface area contributed by atoms with Crippen molar-refractivity contribution in [3.05, 3.63) is 86.3 Å². The van der Waals surface area contributed by atoms with Crippen LogP contribution in [0.5, 0.6) is 11.5 Å². The molecule has 6 nitrogen and oxygen atoms in total. The fraction of sp³-hybridized carbons (Fsp3) is 0.382. The molecule has 1 fully saturated rings. The normalized spacial score (nSPS) is 14.6. The van der Waals surface area contributed by atoms with Crippen LogP contribution < -0.4 is 10.1 Å². The van der Waals surface area contributed by atoms with Crippen LogP contribution in [0, 0.1) is 5.92 Å². The van der Waals surface area contributed by atoms with E-state index < -0.39 is 17.9 Å². The molecule has 0 radical (unpaired) electrons. The van der Waals surface area contributed by atoms with Crippen molar-refractivity contribution in [2.75, 3.05) is 7.11 Å². The molecule has 1 amide bonds. The molecule has 0 saturated heterocycles. The smallest absolute Gasteiger partial charge is 0.328 e. The van der Waals surface area contributed by atoms with Crippen molar-refractivity contribution < 1.29 is 19.1 Å². The van der Waals surface area contributed by atoms with Gasteiger partial charge in [-0.25, -0.2) is 9.78 Å². The van der Waals surface area contributed by atoms with E-state index in [2.05, 4.69) is 54.2 Å². The van der Waals surface area contributed by atoms with Gasteiger partial charge in [0, 0.05) is 22.4 Å². The Kier molecular flexibility index (Phi) is 9.33. The number of pyridine rings is 1. The molecule has 5 rings (SSSR count). The lowest BCUT2D eigenvalue weighted by molar-refractivity contribution is -0.142. The molecule has 0 spiro atoms. The highest BCUT2D eigenvalue weighted by Gasteiger charge is 2.25. The van der Waals surface area contributed by atoms with Crippen molar-refractivity contribution in [1.82, 2.24) is 10.3 Å². The van der Waals surface area contributed by atoms with Gasteiger partial charge >= 0.3 is 5.97 Å². The van der Waals surface area contributed by atoms with Crippen LogP contribution in [0.25, 0.3) is 10.8 Å². The lowest BCUT2D eigenvalue weighted by Crippen LogP contribution is -2.43. The Balaban J connectivity index is 1.44. The van der Waals surface area contributed by atoms with Crippen LogP contribution in [0.3, 0.4) is 0 Å². The number of fused-ring (bicyclic) bond motifs is 1. The number of hydrogen-bond donors (Lipinski definition) is 1. The summed E-state index contributed by atoms with van der Waals surface area (Å²) >= 11 is 4.98. The van der Waals surface area contributed by atoms with E-state index in [-0.39, 0.29) is 11.1 Å². The molecule has 1 aliphatic rings. The van der Waals surface area contributed by atoms with Crippen LogP contribution in [-0.2, 0) is 27.8 Å². The van der Waals surface area contributed by atoms with Gasteiger partial charge in [-0.2, -0.15) is 0 Å². The van der Waals surface area contributed by atoms with E-state index in [1.165, 1.54) is 49.7 Å². The zero-order chi connectivity index (χ0) is 29.9. The van der Waals surface area contributed by atoms with E-state index in [0.717, 1.165) is 37.3 Å². The van der Waals surface area contributed by atoms with E-state index in [0.29, 0.717) is 18.1 Å². The number of benzene rings is 2. The predicted octanol–water partition coefficient (Wildman–Crippen LogP) is 8.40. The van der Waals surface area contributed by atoms with E-state index in [9.17, 15) is 9.59 Å². The molecule has 220 valence electrons. The van der Waals surface area contributed by atoms with E-state index in [4.69, 9.17) is 14.5 Å². The zero-order valence-electron chi connectivity index (χ0n) is 24.5. The number of nitrogens with zero attached hydrogens (tertiary/aromatic N) is 1. The molecule has 0 aliphatic heterocycles. The standard InChI is InChI=1S/C34H37BrN2O4S/c1-34(2,3)23-9-11-24(12-10-23)41-25-13-15-27-22(18-25)19-29(36-28(27)17-21-7-5-6-8-21)32(38)37-30(33(39)40-4)20-26-14-16-31(35)42-26/h9-16,18-19,21,30H,5-8,17,20H2,1-4H3,(H,37,38)/t30-/m0/s1. The number of aromatic nitrogens is 1. The topological polar surface area (TPSA) is 77.5 Å². The van der Waals surface area contributed by atoms with Gasteiger partial charge in [-0.05, 0) is 93.2 Å². The third kappa shape index (κ3) is 7.39. The van der Waals surface area contributed by atoms with Crippen LogP contribution in [0.1, 0.15) is 73.1 Å². The maximum Gasteiger partial charge on any atom is 0.328 e. The molecule has 2 aromatic carbocycles. The quantitative estimate of drug-likeness (QED) is 0.184. The second kappa shape index (κ2) is 13.0. The summed E-state index contributed by atoms with van der Waals surface area (Å²) in [5.74, 6) is 1.09. The molecule has 1 saturated carbocycles. The number of carbonyl (C=O) groups is 2. The number of carbonyl (C=O) groups excluding carboxylic acids is 2. The molecule has 2 aromatic heterocycles. The second-order valence-electron chi connectivity index (χ2n) is 12.0. The number of hydrogen-bond acceptors (Lipinski definition) is 6. The largest absolute Gasteiger partial charge is 0.467 e. The fourth-order valence-electron chi connectivity index (χ4n) is 5.52. The second-order valence-corrected chi connectivity index (χ2v) is 14.6. The van der Waals surface area contributed by atoms with Gasteiger partial charge in [-0.3, -0.25) is 4.79 Å². The Labute approximate surface area is 260 Å². The Morgan fingerprint density at radius 1 is 1.02 bits per heavy atom. The summed E-state index contributed by atoms with van der Waals surface area (Å²) in [6.07, 6.45) is 5.96.